The molecule has 1 rings (SSSR count). The Bertz CT molecular complexity index is 431. The van der Waals surface area contributed by atoms with Gasteiger partial charge < -0.3 is 5.73 Å². The molecule has 6 heteroatoms. The minimum Gasteiger partial charge on any atom is -0.326 e. The van der Waals surface area contributed by atoms with Crippen LogP contribution in [0.5, 0.6) is 0 Å². The molecule has 0 spiro atoms. The van der Waals surface area contributed by atoms with Crippen molar-refractivity contribution in [2.45, 2.75) is 18.1 Å². The lowest BCUT2D eigenvalue weighted by Crippen LogP contribution is -2.16. The summed E-state index contributed by atoms with van der Waals surface area (Å²) in [6, 6.07) is 4.16. The number of hydrogen-bond acceptors (Lipinski definition) is 3. The molecule has 0 aliphatic rings. The topological polar surface area (TPSA) is 86.2 Å². The highest BCUT2D eigenvalue weighted by molar-refractivity contribution is 7.89. The van der Waals surface area contributed by atoms with Crippen LogP contribution in [0, 0.1) is 0 Å². The molecule has 0 unspecified atom stereocenters. The van der Waals surface area contributed by atoms with Gasteiger partial charge in [0.25, 0.3) is 0 Å². The van der Waals surface area contributed by atoms with Crippen LogP contribution >= 0.6 is 0 Å². The molecule has 1 aromatic carbocycles. The summed E-state index contributed by atoms with van der Waals surface area (Å²) in [5.74, 6) is 0. The first-order chi connectivity index (χ1) is 6.49. The van der Waals surface area contributed by atoms with Crippen LogP contribution in [-0.4, -0.2) is 8.42 Å². The van der Waals surface area contributed by atoms with Gasteiger partial charge in [-0.3, -0.25) is 0 Å². The molecule has 0 amide bonds. The first kappa shape index (κ1) is 11.1. The van der Waals surface area contributed by atoms with Crippen LogP contribution in [0.3, 0.4) is 0 Å². The average Bonchev–Trinajstić information content (AvgIpc) is 2.15. The van der Waals surface area contributed by atoms with Crippen molar-refractivity contribution >= 4 is 10.0 Å². The Labute approximate surface area is 81.8 Å². The zero-order chi connectivity index (χ0) is 10.8. The lowest BCUT2D eigenvalue weighted by atomic mass is 10.1. The van der Waals surface area contributed by atoms with Gasteiger partial charge in [-0.2, -0.15) is 0 Å². The Morgan fingerprint density at radius 3 is 2.43 bits per heavy atom. The van der Waals surface area contributed by atoms with E-state index in [1.54, 1.807) is 0 Å². The second kappa shape index (κ2) is 4.04. The third kappa shape index (κ3) is 2.28. The zero-order valence-corrected chi connectivity index (χ0v) is 8.22. The van der Waals surface area contributed by atoms with E-state index in [2.05, 4.69) is 0 Å². The minimum absolute atomic E-state index is 0.0539. The van der Waals surface area contributed by atoms with Crippen LogP contribution in [0.1, 0.15) is 11.1 Å². The normalized spacial score (nSPS) is 11.6. The molecule has 0 radical (unpaired) electrons. The van der Waals surface area contributed by atoms with Gasteiger partial charge in [-0.15, -0.1) is 0 Å². The highest BCUT2D eigenvalue weighted by Crippen LogP contribution is 2.16. The molecule has 0 fully saturated rings. The second-order valence-electron chi connectivity index (χ2n) is 2.82. The second-order valence-corrected chi connectivity index (χ2v) is 4.35. The number of hydrogen-bond donors (Lipinski definition) is 2. The van der Waals surface area contributed by atoms with Crippen molar-refractivity contribution in [2.75, 3.05) is 0 Å². The average molecular weight is 218 g/mol. The van der Waals surface area contributed by atoms with E-state index >= 15 is 0 Å². The van der Waals surface area contributed by atoms with Crippen LogP contribution < -0.4 is 10.9 Å². The van der Waals surface area contributed by atoms with Crippen molar-refractivity contribution in [1.82, 2.24) is 0 Å². The molecule has 0 aromatic heterocycles. The van der Waals surface area contributed by atoms with Gasteiger partial charge in [0.05, 0.1) is 4.90 Å². The van der Waals surface area contributed by atoms with Crippen molar-refractivity contribution in [1.29, 1.82) is 0 Å². The Hall–Kier alpha value is -0.980. The van der Waals surface area contributed by atoms with Crippen molar-refractivity contribution in [3.8, 4) is 0 Å². The summed E-state index contributed by atoms with van der Waals surface area (Å²) < 4.78 is 34.4. The Morgan fingerprint density at radius 2 is 2.00 bits per heavy atom. The minimum atomic E-state index is -3.82. The number of halogens is 1. The zero-order valence-electron chi connectivity index (χ0n) is 7.40. The smallest absolute Gasteiger partial charge is 0.238 e. The standard InChI is InChI=1S/C8H11FN2O2S/c9-4-6-1-2-7(5-10)8(3-6)14(11,12)13/h1-3H,4-5,10H2,(H2,11,12,13). The summed E-state index contributed by atoms with van der Waals surface area (Å²) in [5, 5.41) is 4.95. The fourth-order valence-corrected chi connectivity index (χ4v) is 1.95. The molecule has 4 nitrogen and oxygen atoms in total. The SMILES string of the molecule is NCc1ccc(CF)cc1S(N)(=O)=O. The molecule has 0 atom stereocenters. The highest BCUT2D eigenvalue weighted by atomic mass is 32.2. The van der Waals surface area contributed by atoms with E-state index in [1.807, 2.05) is 0 Å². The lowest BCUT2D eigenvalue weighted by Gasteiger charge is -2.06. The van der Waals surface area contributed by atoms with Gasteiger partial charge in [0.15, 0.2) is 0 Å². The van der Waals surface area contributed by atoms with E-state index in [9.17, 15) is 12.8 Å². The van der Waals surface area contributed by atoms with Gasteiger partial charge in [0, 0.05) is 6.54 Å². The van der Waals surface area contributed by atoms with Crippen LogP contribution in [0.4, 0.5) is 4.39 Å². The van der Waals surface area contributed by atoms with Crippen molar-refractivity contribution < 1.29 is 12.8 Å². The predicted molar refractivity (Wildman–Crippen MR) is 50.5 cm³/mol. The maximum absolute atomic E-state index is 12.3. The van der Waals surface area contributed by atoms with Gasteiger partial charge in [0.2, 0.25) is 10.0 Å². The largest absolute Gasteiger partial charge is 0.326 e. The quantitative estimate of drug-likeness (QED) is 0.763. The van der Waals surface area contributed by atoms with Crippen molar-refractivity contribution in [2.24, 2.45) is 10.9 Å². The van der Waals surface area contributed by atoms with E-state index < -0.39 is 16.7 Å². The first-order valence-electron chi connectivity index (χ1n) is 3.89. The van der Waals surface area contributed by atoms with Crippen LogP contribution in [0.25, 0.3) is 0 Å². The molecule has 4 N–H and O–H groups in total. The molecule has 14 heavy (non-hydrogen) atoms. The van der Waals surface area contributed by atoms with Gasteiger partial charge in [0.1, 0.15) is 6.67 Å². The van der Waals surface area contributed by atoms with Gasteiger partial charge in [-0.1, -0.05) is 12.1 Å². The molecule has 0 saturated heterocycles. The van der Waals surface area contributed by atoms with Gasteiger partial charge >= 0.3 is 0 Å². The maximum atomic E-state index is 12.3. The molecule has 0 heterocycles. The fraction of sp³-hybridized carbons (Fsp3) is 0.250. The first-order valence-corrected chi connectivity index (χ1v) is 5.44. The number of rotatable bonds is 3. The van der Waals surface area contributed by atoms with E-state index in [0.29, 0.717) is 5.56 Å². The van der Waals surface area contributed by atoms with E-state index in [0.717, 1.165) is 0 Å². The van der Waals surface area contributed by atoms with Crippen LogP contribution in [0.2, 0.25) is 0 Å². The monoisotopic (exact) mass is 218 g/mol. The molecule has 0 aliphatic heterocycles. The van der Waals surface area contributed by atoms with Gasteiger partial charge in [-0.25, -0.2) is 17.9 Å². The van der Waals surface area contributed by atoms with Crippen LogP contribution in [0.15, 0.2) is 23.1 Å². The Balaban J connectivity index is 3.37. The van der Waals surface area contributed by atoms with Gasteiger partial charge in [-0.05, 0) is 17.2 Å². The molecule has 0 aliphatic carbocycles. The number of benzene rings is 1. The molecular formula is C8H11FN2O2S. The third-order valence-corrected chi connectivity index (χ3v) is 2.81. The molecule has 78 valence electrons. The summed E-state index contributed by atoms with van der Waals surface area (Å²) in [7, 11) is -3.82. The number of primary sulfonamides is 1. The highest BCUT2D eigenvalue weighted by Gasteiger charge is 2.13. The van der Waals surface area contributed by atoms with E-state index in [1.165, 1.54) is 18.2 Å². The van der Waals surface area contributed by atoms with Crippen molar-refractivity contribution in [3.63, 3.8) is 0 Å². The summed E-state index contributed by atoms with van der Waals surface area (Å²) in [6.07, 6.45) is 0. The lowest BCUT2D eigenvalue weighted by molar-refractivity contribution is 0.484. The Kier molecular flexibility index (Phi) is 3.20. The summed E-state index contributed by atoms with van der Waals surface area (Å²) in [5.41, 5.74) is 5.99. The summed E-state index contributed by atoms with van der Waals surface area (Å²) in [6.45, 7) is -0.675. The van der Waals surface area contributed by atoms with Crippen LogP contribution in [-0.2, 0) is 23.2 Å². The maximum Gasteiger partial charge on any atom is 0.238 e. The fourth-order valence-electron chi connectivity index (χ4n) is 1.12. The molecule has 0 saturated carbocycles. The van der Waals surface area contributed by atoms with E-state index in [4.69, 9.17) is 10.9 Å². The third-order valence-electron chi connectivity index (χ3n) is 1.81. The Morgan fingerprint density at radius 1 is 1.36 bits per heavy atom. The molecule has 0 bridgehead atoms. The molecular weight excluding hydrogens is 207 g/mol. The van der Waals surface area contributed by atoms with Crippen molar-refractivity contribution in [3.05, 3.63) is 29.3 Å². The number of alkyl halides is 1. The predicted octanol–water partition coefficient (Wildman–Crippen LogP) is 0.262. The number of sulfonamides is 1. The summed E-state index contributed by atoms with van der Waals surface area (Å²) in [4.78, 5) is -0.102. The molecule has 1 aromatic rings. The van der Waals surface area contributed by atoms with E-state index in [-0.39, 0.29) is 17.0 Å². The number of nitrogens with two attached hydrogens (primary N) is 2. The summed E-state index contributed by atoms with van der Waals surface area (Å²) >= 11 is 0.